The quantitative estimate of drug-likeness (QED) is 0.216. The summed E-state index contributed by atoms with van der Waals surface area (Å²) in [5.41, 5.74) is 3.11. The summed E-state index contributed by atoms with van der Waals surface area (Å²) in [6, 6.07) is 7.83. The molecule has 2 aromatic rings. The van der Waals surface area contributed by atoms with Gasteiger partial charge in [-0.05, 0) is 67.5 Å². The van der Waals surface area contributed by atoms with E-state index in [1.807, 2.05) is 23.5 Å². The first-order valence-electron chi connectivity index (χ1n) is 14.0. The van der Waals surface area contributed by atoms with Crippen LogP contribution in [-0.4, -0.2) is 116 Å². The molecule has 0 amide bonds. The molecule has 0 unspecified atom stereocenters. The van der Waals surface area contributed by atoms with E-state index >= 15 is 0 Å². The third-order valence-corrected chi connectivity index (χ3v) is 9.31. The molecule has 0 bridgehead atoms. The Balaban J connectivity index is 0.000000271. The molecule has 11 nitrogen and oxygen atoms in total. The lowest BCUT2D eigenvalue weighted by atomic mass is 9.90. The van der Waals surface area contributed by atoms with Crippen LogP contribution < -0.4 is 4.74 Å². The molecule has 0 saturated carbocycles. The van der Waals surface area contributed by atoms with Crippen molar-refractivity contribution >= 4 is 11.3 Å². The van der Waals surface area contributed by atoms with Gasteiger partial charge in [-0.2, -0.15) is 0 Å². The van der Waals surface area contributed by atoms with Gasteiger partial charge < -0.3 is 55.1 Å². The Bertz CT molecular complexity index is 1100. The van der Waals surface area contributed by atoms with Crippen LogP contribution in [0.15, 0.2) is 24.3 Å². The average Bonchev–Trinajstić information content (AvgIpc) is 3.39. The summed E-state index contributed by atoms with van der Waals surface area (Å²) in [5, 5.41) is 76.4. The number of hydrogen-bond acceptors (Lipinski definition) is 12. The third kappa shape index (κ3) is 7.11. The van der Waals surface area contributed by atoms with Crippen molar-refractivity contribution in [3.8, 4) is 5.75 Å². The zero-order valence-corrected chi connectivity index (χ0v) is 24.1. The van der Waals surface area contributed by atoms with Crippen LogP contribution in [0.25, 0.3) is 0 Å². The van der Waals surface area contributed by atoms with Crippen molar-refractivity contribution in [2.45, 2.75) is 100 Å². The molecule has 41 heavy (non-hydrogen) atoms. The van der Waals surface area contributed by atoms with E-state index in [4.69, 9.17) is 19.3 Å². The van der Waals surface area contributed by atoms with E-state index in [1.54, 1.807) is 20.1 Å². The van der Waals surface area contributed by atoms with Gasteiger partial charge in [-0.15, -0.1) is 11.3 Å². The maximum absolute atomic E-state index is 10.4. The van der Waals surface area contributed by atoms with Crippen molar-refractivity contribution < 1.29 is 55.1 Å². The molecule has 1 aromatic carbocycles. The van der Waals surface area contributed by atoms with Gasteiger partial charge in [-0.1, -0.05) is 6.07 Å². The third-order valence-electron chi connectivity index (χ3n) is 8.07. The number of benzene rings is 1. The Hall–Kier alpha value is -1.68. The van der Waals surface area contributed by atoms with Crippen LogP contribution in [0, 0.1) is 0 Å². The molecule has 3 aliphatic rings. The highest BCUT2D eigenvalue weighted by Gasteiger charge is 2.44. The molecule has 5 rings (SSSR count). The topological polar surface area (TPSA) is 190 Å². The predicted molar refractivity (Wildman–Crippen MR) is 149 cm³/mol. The van der Waals surface area contributed by atoms with Gasteiger partial charge in [0.25, 0.3) is 0 Å². The van der Waals surface area contributed by atoms with Gasteiger partial charge in [0.1, 0.15) is 60.7 Å². The number of rotatable bonds is 6. The Kier molecular flexibility index (Phi) is 11.2. The maximum Gasteiger partial charge on any atom is 0.122 e. The van der Waals surface area contributed by atoms with Crippen LogP contribution in [0.1, 0.15) is 52.3 Å². The normalized spacial score (nSPS) is 35.3. The summed E-state index contributed by atoms with van der Waals surface area (Å²) in [4.78, 5) is 2.76. The summed E-state index contributed by atoms with van der Waals surface area (Å²) < 4.78 is 16.3. The van der Waals surface area contributed by atoms with Crippen LogP contribution in [0.2, 0.25) is 0 Å². The number of aliphatic hydroxyl groups excluding tert-OH is 8. The van der Waals surface area contributed by atoms with Crippen LogP contribution >= 0.6 is 11.3 Å². The summed E-state index contributed by atoms with van der Waals surface area (Å²) in [5.74, 6) is 0.754. The second kappa shape index (κ2) is 14.2. The molecule has 2 fully saturated rings. The smallest absolute Gasteiger partial charge is 0.122 e. The molecule has 12 heteroatoms. The summed E-state index contributed by atoms with van der Waals surface area (Å²) in [6.45, 7) is 0.767. The Morgan fingerprint density at radius 3 is 2.07 bits per heavy atom. The minimum atomic E-state index is -1.39. The summed E-state index contributed by atoms with van der Waals surface area (Å²) in [7, 11) is 1.63. The van der Waals surface area contributed by atoms with E-state index in [0.29, 0.717) is 12.0 Å². The van der Waals surface area contributed by atoms with Gasteiger partial charge in [0.2, 0.25) is 0 Å². The van der Waals surface area contributed by atoms with Crippen LogP contribution in [0.5, 0.6) is 5.75 Å². The van der Waals surface area contributed by atoms with Crippen LogP contribution in [-0.2, 0) is 28.7 Å². The van der Waals surface area contributed by atoms with E-state index in [2.05, 4.69) is 6.07 Å². The lowest BCUT2D eigenvalue weighted by Gasteiger charge is -2.40. The monoisotopic (exact) mass is 598 g/mol. The molecule has 3 heterocycles. The minimum Gasteiger partial charge on any atom is -0.496 e. The highest BCUT2D eigenvalue weighted by atomic mass is 32.1. The zero-order chi connectivity index (χ0) is 29.8. The van der Waals surface area contributed by atoms with Gasteiger partial charge in [0.05, 0.1) is 26.4 Å². The van der Waals surface area contributed by atoms with Crippen LogP contribution in [0.3, 0.4) is 0 Å². The molecule has 2 saturated heterocycles. The molecular formula is C29H42O11S. The van der Waals surface area contributed by atoms with E-state index in [9.17, 15) is 35.7 Å². The standard InChI is InChI=1S/C22H28O6S.C7H14O5/c1-27-16-7-6-13(22-21(26)20(25)19(24)17(11-23)28-22)8-14(16)10-15-9-12-4-2-3-5-18(12)29-15;1-3-5(9)7(11)6(10)4(2-8)12-3/h6-9,17,19-26H,2-5,10-11H2,1H3;3-11H,2H2,1H3/t17-,19-,20+,21-,22+;3-,4+,5-,6+,7+/m10/s1. The second-order valence-corrected chi connectivity index (χ2v) is 12.1. The summed E-state index contributed by atoms with van der Waals surface area (Å²) in [6.07, 6.45) is -5.22. The van der Waals surface area contributed by atoms with Gasteiger partial charge in [0.15, 0.2) is 0 Å². The number of ether oxygens (including phenoxy) is 3. The number of hydrogen-bond donors (Lipinski definition) is 8. The first-order valence-corrected chi connectivity index (χ1v) is 14.8. The van der Waals surface area contributed by atoms with Gasteiger partial charge in [-0.25, -0.2) is 0 Å². The van der Waals surface area contributed by atoms with Gasteiger partial charge >= 0.3 is 0 Å². The van der Waals surface area contributed by atoms with E-state index in [-0.39, 0.29) is 6.61 Å². The largest absolute Gasteiger partial charge is 0.496 e. The summed E-state index contributed by atoms with van der Waals surface area (Å²) >= 11 is 1.85. The van der Waals surface area contributed by atoms with Crippen molar-refractivity contribution in [2.75, 3.05) is 20.3 Å². The Morgan fingerprint density at radius 1 is 0.805 bits per heavy atom. The number of aliphatic hydroxyl groups is 8. The van der Waals surface area contributed by atoms with Crippen molar-refractivity contribution in [3.63, 3.8) is 0 Å². The molecule has 8 N–H and O–H groups in total. The van der Waals surface area contributed by atoms with Crippen molar-refractivity contribution in [1.29, 1.82) is 0 Å². The van der Waals surface area contributed by atoms with E-state index in [1.165, 1.54) is 28.2 Å². The average molecular weight is 599 g/mol. The maximum atomic E-state index is 10.4. The lowest BCUT2D eigenvalue weighted by Crippen LogP contribution is -2.57. The van der Waals surface area contributed by atoms with Crippen LogP contribution in [0.4, 0.5) is 0 Å². The highest BCUT2D eigenvalue weighted by molar-refractivity contribution is 7.12. The number of aryl methyl sites for hydroxylation is 2. The molecule has 10 atom stereocenters. The number of fused-ring (bicyclic) bond motifs is 1. The Morgan fingerprint density at radius 2 is 1.44 bits per heavy atom. The first kappa shape index (κ1) is 32.2. The molecule has 0 spiro atoms. The molecule has 1 aliphatic carbocycles. The van der Waals surface area contributed by atoms with E-state index < -0.39 is 67.6 Å². The number of thiophene rings is 1. The molecular weight excluding hydrogens is 556 g/mol. The molecule has 2 aliphatic heterocycles. The second-order valence-electron chi connectivity index (χ2n) is 10.9. The first-order chi connectivity index (χ1) is 19.6. The molecule has 0 radical (unpaired) electrons. The van der Waals surface area contributed by atoms with Crippen molar-refractivity contribution in [3.05, 3.63) is 50.7 Å². The van der Waals surface area contributed by atoms with Crippen molar-refractivity contribution in [2.24, 2.45) is 0 Å². The zero-order valence-electron chi connectivity index (χ0n) is 23.2. The fourth-order valence-electron chi connectivity index (χ4n) is 5.61. The lowest BCUT2D eigenvalue weighted by molar-refractivity contribution is -0.231. The van der Waals surface area contributed by atoms with Gasteiger partial charge in [0, 0.05) is 16.2 Å². The molecule has 230 valence electrons. The fourth-order valence-corrected chi connectivity index (χ4v) is 6.89. The minimum absolute atomic E-state index is 0.366. The van der Waals surface area contributed by atoms with Gasteiger partial charge in [-0.3, -0.25) is 0 Å². The highest BCUT2D eigenvalue weighted by Crippen LogP contribution is 2.37. The Labute approximate surface area is 243 Å². The predicted octanol–water partition coefficient (Wildman–Crippen LogP) is -0.410. The SMILES string of the molecule is COc1ccc([C@@H]2O[C@H](CO)[C@@H](O)[C@H](O)[C@H]2O)cc1Cc1cc2c(s1)CCCC2.C[C@@H]1O[C@H](CO)[C@@H](O)[C@H](O)[C@H]1O. The molecule has 1 aromatic heterocycles. The fraction of sp³-hybridized carbons (Fsp3) is 0.655. The van der Waals surface area contributed by atoms with E-state index in [0.717, 1.165) is 24.2 Å². The number of methoxy groups -OCH3 is 1. The van der Waals surface area contributed by atoms with Crippen molar-refractivity contribution in [1.82, 2.24) is 0 Å².